The Morgan fingerprint density at radius 2 is 1.89 bits per heavy atom. The smallest absolute Gasteiger partial charge is 0.305 e. The molecule has 0 saturated heterocycles. The summed E-state index contributed by atoms with van der Waals surface area (Å²) in [4.78, 5) is 21.5. The highest BCUT2D eigenvalue weighted by Crippen LogP contribution is 2.18. The average Bonchev–Trinajstić information content (AvgIpc) is 2.63. The van der Waals surface area contributed by atoms with Crippen molar-refractivity contribution in [1.29, 1.82) is 0 Å². The van der Waals surface area contributed by atoms with Crippen molar-refractivity contribution in [3.63, 3.8) is 0 Å². The Kier molecular flexibility index (Phi) is 9.81. The number of ether oxygens (including phenoxy) is 1. The molecule has 0 aliphatic heterocycles. The Labute approximate surface area is 166 Å². The van der Waals surface area contributed by atoms with E-state index in [4.69, 9.17) is 4.74 Å². The first-order valence-corrected chi connectivity index (χ1v) is 10.7. The standard InChI is InChI=1S/C19H28N2O6S/c1-4-27-19(22)8-6-5-7-16(10-9-15(2)3)20-28(25,26)18-13-11-17(12-14-18)21(23)24/h9,11-14,16,20H,4-8,10H2,1-3H3/t16-/m1/s1. The van der Waals surface area contributed by atoms with Gasteiger partial charge in [-0.3, -0.25) is 14.9 Å². The third-order valence-corrected chi connectivity index (χ3v) is 5.52. The van der Waals surface area contributed by atoms with Crippen LogP contribution in [0.1, 0.15) is 52.9 Å². The second-order valence-electron chi connectivity index (χ2n) is 6.64. The first kappa shape index (κ1) is 23.8. The van der Waals surface area contributed by atoms with Gasteiger partial charge in [0.05, 0.1) is 16.4 Å². The van der Waals surface area contributed by atoms with Gasteiger partial charge in [-0.1, -0.05) is 18.1 Å². The number of carbonyl (C=O) groups excluding carboxylic acids is 1. The Morgan fingerprint density at radius 3 is 2.43 bits per heavy atom. The zero-order chi connectivity index (χ0) is 21.2. The van der Waals surface area contributed by atoms with Crippen molar-refractivity contribution in [2.24, 2.45) is 0 Å². The van der Waals surface area contributed by atoms with Crippen molar-refractivity contribution in [2.45, 2.75) is 63.8 Å². The van der Waals surface area contributed by atoms with Gasteiger partial charge >= 0.3 is 5.97 Å². The number of hydrogen-bond donors (Lipinski definition) is 1. The molecule has 156 valence electrons. The van der Waals surface area contributed by atoms with Gasteiger partial charge in [0.2, 0.25) is 10.0 Å². The lowest BCUT2D eigenvalue weighted by molar-refractivity contribution is -0.384. The largest absolute Gasteiger partial charge is 0.466 e. The number of sulfonamides is 1. The summed E-state index contributed by atoms with van der Waals surface area (Å²) in [6, 6.07) is 4.44. The molecule has 0 bridgehead atoms. The van der Waals surface area contributed by atoms with Crippen LogP contribution in [0.15, 0.2) is 40.8 Å². The number of hydrogen-bond acceptors (Lipinski definition) is 6. The molecule has 1 aromatic rings. The normalized spacial score (nSPS) is 12.2. The van der Waals surface area contributed by atoms with Crippen molar-refractivity contribution in [2.75, 3.05) is 6.61 Å². The number of nitro groups is 1. The fourth-order valence-corrected chi connectivity index (χ4v) is 3.81. The summed E-state index contributed by atoms with van der Waals surface area (Å²) in [5, 5.41) is 10.7. The molecule has 0 aliphatic carbocycles. The Morgan fingerprint density at radius 1 is 1.25 bits per heavy atom. The fraction of sp³-hybridized carbons (Fsp3) is 0.526. The van der Waals surface area contributed by atoms with E-state index in [1.807, 2.05) is 19.9 Å². The SMILES string of the molecule is CCOC(=O)CCCC[C@H](CC=C(C)C)NS(=O)(=O)c1ccc([N+](=O)[O-])cc1. The highest BCUT2D eigenvalue weighted by molar-refractivity contribution is 7.89. The lowest BCUT2D eigenvalue weighted by Gasteiger charge is -2.18. The van der Waals surface area contributed by atoms with Crippen LogP contribution < -0.4 is 4.72 Å². The van der Waals surface area contributed by atoms with Crippen molar-refractivity contribution < 1.29 is 22.9 Å². The van der Waals surface area contributed by atoms with Crippen LogP contribution in [0, 0.1) is 10.1 Å². The average molecular weight is 413 g/mol. The van der Waals surface area contributed by atoms with E-state index in [-0.39, 0.29) is 22.6 Å². The quantitative estimate of drug-likeness (QED) is 0.184. The van der Waals surface area contributed by atoms with E-state index in [1.165, 1.54) is 24.3 Å². The second kappa shape index (κ2) is 11.6. The van der Waals surface area contributed by atoms with E-state index in [1.54, 1.807) is 6.92 Å². The molecule has 0 spiro atoms. The number of esters is 1. The molecule has 28 heavy (non-hydrogen) atoms. The third-order valence-electron chi connectivity index (χ3n) is 3.98. The Hall–Kier alpha value is -2.26. The molecular formula is C19H28N2O6S. The molecule has 0 heterocycles. The lowest BCUT2D eigenvalue weighted by atomic mass is 10.0. The minimum atomic E-state index is -3.81. The van der Waals surface area contributed by atoms with Gasteiger partial charge in [0.1, 0.15) is 0 Å². The number of nitrogens with one attached hydrogen (secondary N) is 1. The Balaban J connectivity index is 2.76. The Bertz CT molecular complexity index is 783. The van der Waals surface area contributed by atoms with Crippen LogP contribution in [0.3, 0.4) is 0 Å². The van der Waals surface area contributed by atoms with Crippen molar-refractivity contribution in [1.82, 2.24) is 4.72 Å². The fourth-order valence-electron chi connectivity index (χ4n) is 2.53. The maximum Gasteiger partial charge on any atom is 0.305 e. The minimum absolute atomic E-state index is 0.0215. The summed E-state index contributed by atoms with van der Waals surface area (Å²) >= 11 is 0. The lowest BCUT2D eigenvalue weighted by Crippen LogP contribution is -2.34. The van der Waals surface area contributed by atoms with Gasteiger partial charge in [0.25, 0.3) is 5.69 Å². The van der Waals surface area contributed by atoms with E-state index < -0.39 is 14.9 Å². The van der Waals surface area contributed by atoms with Crippen molar-refractivity contribution >= 4 is 21.7 Å². The van der Waals surface area contributed by atoms with E-state index in [0.29, 0.717) is 38.7 Å². The third kappa shape index (κ3) is 8.62. The molecule has 0 amide bonds. The number of unbranched alkanes of at least 4 members (excludes halogenated alkanes) is 1. The van der Waals surface area contributed by atoms with E-state index in [0.717, 1.165) is 5.57 Å². The molecule has 0 fully saturated rings. The molecule has 1 aromatic carbocycles. The number of carbonyl (C=O) groups is 1. The van der Waals surface area contributed by atoms with Crippen LogP contribution >= 0.6 is 0 Å². The van der Waals surface area contributed by atoms with E-state index in [2.05, 4.69) is 4.72 Å². The van der Waals surface area contributed by atoms with Gasteiger partial charge in [0, 0.05) is 24.6 Å². The first-order valence-electron chi connectivity index (χ1n) is 9.21. The number of benzene rings is 1. The van der Waals surface area contributed by atoms with Crippen LogP contribution in [0.25, 0.3) is 0 Å². The monoisotopic (exact) mass is 412 g/mol. The molecule has 1 atom stereocenters. The van der Waals surface area contributed by atoms with Gasteiger partial charge in [0.15, 0.2) is 0 Å². The molecule has 0 saturated carbocycles. The summed E-state index contributed by atoms with van der Waals surface area (Å²) < 4.78 is 32.8. The van der Waals surface area contributed by atoms with Gasteiger partial charge in [-0.25, -0.2) is 13.1 Å². The highest BCUT2D eigenvalue weighted by Gasteiger charge is 2.20. The van der Waals surface area contributed by atoms with Crippen molar-refractivity contribution in [3.8, 4) is 0 Å². The van der Waals surface area contributed by atoms with Crippen LogP contribution in [0.4, 0.5) is 5.69 Å². The number of allylic oxidation sites excluding steroid dienone is 1. The molecule has 0 unspecified atom stereocenters. The zero-order valence-corrected chi connectivity index (χ0v) is 17.3. The van der Waals surface area contributed by atoms with Crippen LogP contribution in [0.2, 0.25) is 0 Å². The second-order valence-corrected chi connectivity index (χ2v) is 8.35. The van der Waals surface area contributed by atoms with Crippen LogP contribution in [0.5, 0.6) is 0 Å². The zero-order valence-electron chi connectivity index (χ0n) is 16.5. The molecule has 9 heteroatoms. The number of nitro benzene ring substituents is 1. The van der Waals surface area contributed by atoms with E-state index >= 15 is 0 Å². The molecular weight excluding hydrogens is 384 g/mol. The van der Waals surface area contributed by atoms with Crippen molar-refractivity contribution in [3.05, 3.63) is 46.0 Å². The number of rotatable bonds is 12. The van der Waals surface area contributed by atoms with Gasteiger partial charge in [-0.15, -0.1) is 0 Å². The summed E-state index contributed by atoms with van der Waals surface area (Å²) in [6.07, 6.45) is 4.63. The highest BCUT2D eigenvalue weighted by atomic mass is 32.2. The first-order chi connectivity index (χ1) is 13.2. The van der Waals surface area contributed by atoms with Gasteiger partial charge < -0.3 is 4.74 Å². The molecule has 0 radical (unpaired) electrons. The summed E-state index contributed by atoms with van der Waals surface area (Å²) in [7, 11) is -3.81. The summed E-state index contributed by atoms with van der Waals surface area (Å²) in [5.41, 5.74) is 0.907. The summed E-state index contributed by atoms with van der Waals surface area (Å²) in [6.45, 7) is 5.96. The molecule has 1 rings (SSSR count). The molecule has 0 aliphatic rings. The number of nitrogens with zero attached hydrogens (tertiary/aromatic N) is 1. The topological polar surface area (TPSA) is 116 Å². The predicted molar refractivity (Wildman–Crippen MR) is 106 cm³/mol. The van der Waals surface area contributed by atoms with Crippen LogP contribution in [-0.4, -0.2) is 32.0 Å². The molecule has 0 aromatic heterocycles. The maximum absolute atomic E-state index is 12.6. The summed E-state index contributed by atoms with van der Waals surface area (Å²) in [5.74, 6) is -0.255. The van der Waals surface area contributed by atoms with E-state index in [9.17, 15) is 23.3 Å². The number of non-ortho nitro benzene ring substituents is 1. The predicted octanol–water partition coefficient (Wildman–Crippen LogP) is 3.72. The van der Waals surface area contributed by atoms with Gasteiger partial charge in [-0.2, -0.15) is 0 Å². The van der Waals surface area contributed by atoms with Crippen LogP contribution in [-0.2, 0) is 19.6 Å². The van der Waals surface area contributed by atoms with Gasteiger partial charge in [-0.05, 0) is 52.2 Å². The maximum atomic E-state index is 12.6. The molecule has 8 nitrogen and oxygen atoms in total. The molecule has 1 N–H and O–H groups in total. The minimum Gasteiger partial charge on any atom is -0.466 e.